The minimum Gasteiger partial charge on any atom is -0.282 e. The number of para-hydroxylation sites is 1. The van der Waals surface area contributed by atoms with Crippen LogP contribution in [0.1, 0.15) is 32.9 Å². The quantitative estimate of drug-likeness (QED) is 0.340. The molecule has 1 aliphatic rings. The second-order valence-electron chi connectivity index (χ2n) is 8.56. The van der Waals surface area contributed by atoms with Crippen LogP contribution in [0.4, 0.5) is 5.69 Å². The minimum absolute atomic E-state index is 0.123. The number of aryl methyl sites for hydroxylation is 1. The smallest absolute Gasteiger partial charge is 0.270 e. The predicted octanol–water partition coefficient (Wildman–Crippen LogP) is 5.69. The number of thioether (sulfide) groups is 1. The summed E-state index contributed by atoms with van der Waals surface area (Å²) < 4.78 is 1.75. The normalized spacial score (nSPS) is 15.5. The lowest BCUT2D eigenvalue weighted by Gasteiger charge is -2.15. The Morgan fingerprint density at radius 1 is 1.03 bits per heavy atom. The Kier molecular flexibility index (Phi) is 7.00. The van der Waals surface area contributed by atoms with E-state index in [1.807, 2.05) is 86.7 Å². The lowest BCUT2D eigenvalue weighted by molar-refractivity contribution is -0.122. The van der Waals surface area contributed by atoms with Crippen molar-refractivity contribution in [2.45, 2.75) is 20.4 Å². The van der Waals surface area contributed by atoms with E-state index in [0.717, 1.165) is 28.2 Å². The fraction of sp³-hybridized carbons (Fsp3) is 0.103. The van der Waals surface area contributed by atoms with Crippen LogP contribution in [-0.4, -0.2) is 31.5 Å². The number of carbonyl (C=O) groups excluding carboxylic acids is 2. The van der Waals surface area contributed by atoms with Gasteiger partial charge in [-0.25, -0.2) is 4.99 Å². The summed E-state index contributed by atoms with van der Waals surface area (Å²) in [5, 5.41) is 0.609. The molecule has 0 bridgehead atoms. The van der Waals surface area contributed by atoms with E-state index in [4.69, 9.17) is 4.99 Å². The third kappa shape index (κ3) is 5.39. The Balaban J connectivity index is 1.45. The van der Waals surface area contributed by atoms with Gasteiger partial charge in [0.15, 0.2) is 5.17 Å². The van der Waals surface area contributed by atoms with Gasteiger partial charge >= 0.3 is 0 Å². The van der Waals surface area contributed by atoms with E-state index < -0.39 is 0 Å². The molecule has 0 atom stereocenters. The molecule has 1 fully saturated rings. The van der Waals surface area contributed by atoms with Crippen molar-refractivity contribution in [3.8, 4) is 0 Å². The van der Waals surface area contributed by atoms with Gasteiger partial charge in [-0.15, -0.1) is 0 Å². The van der Waals surface area contributed by atoms with Crippen LogP contribution in [0.2, 0.25) is 0 Å². The van der Waals surface area contributed by atoms with Crippen molar-refractivity contribution in [2.24, 2.45) is 4.99 Å². The van der Waals surface area contributed by atoms with E-state index >= 15 is 0 Å². The Morgan fingerprint density at radius 3 is 2.46 bits per heavy atom. The number of aromatic nitrogens is 2. The fourth-order valence-electron chi connectivity index (χ4n) is 4.02. The first-order valence-electron chi connectivity index (χ1n) is 11.8. The van der Waals surface area contributed by atoms with E-state index in [0.29, 0.717) is 22.2 Å². The number of amidine groups is 1. The predicted molar refractivity (Wildman–Crippen MR) is 148 cm³/mol. The van der Waals surface area contributed by atoms with Crippen LogP contribution >= 0.6 is 11.8 Å². The molecule has 1 N–H and O–H groups in total. The molecule has 1 saturated heterocycles. The standard InChI is InChI=1S/C29H25N5O2S/c1-20-16-24(21(2)34(20)32-27(35)23-11-5-3-6-12-23)17-26-28(36)33(19-22-10-9-15-30-18-22)29(37-26)31-25-13-7-4-8-14-25/h3-18H,19H2,1-2H3,(H,32,35)/b26-17-,31-29?. The molecule has 7 nitrogen and oxygen atoms in total. The molecule has 4 aromatic rings. The highest BCUT2D eigenvalue weighted by Crippen LogP contribution is 2.35. The zero-order valence-corrected chi connectivity index (χ0v) is 21.3. The SMILES string of the molecule is Cc1cc(/C=C2\SC(=Nc3ccccc3)N(Cc3cccnc3)C2=O)c(C)n1NC(=O)c1ccccc1. The molecule has 3 heterocycles. The number of hydrogen-bond acceptors (Lipinski definition) is 5. The number of benzene rings is 2. The number of pyridine rings is 1. The Labute approximate surface area is 219 Å². The van der Waals surface area contributed by atoms with Crippen LogP contribution in [0, 0.1) is 13.8 Å². The van der Waals surface area contributed by atoms with Crippen molar-refractivity contribution >= 4 is 40.5 Å². The average Bonchev–Trinajstić information content (AvgIpc) is 3.35. The van der Waals surface area contributed by atoms with Gasteiger partial charge in [0.05, 0.1) is 17.1 Å². The molecule has 8 heteroatoms. The van der Waals surface area contributed by atoms with Crippen LogP contribution in [-0.2, 0) is 11.3 Å². The van der Waals surface area contributed by atoms with Crippen molar-refractivity contribution in [3.05, 3.63) is 124 Å². The highest BCUT2D eigenvalue weighted by atomic mass is 32.2. The van der Waals surface area contributed by atoms with E-state index in [1.54, 1.807) is 34.1 Å². The molecule has 0 radical (unpaired) electrons. The highest BCUT2D eigenvalue weighted by Gasteiger charge is 2.34. The van der Waals surface area contributed by atoms with Gasteiger partial charge in [0.1, 0.15) is 0 Å². The third-order valence-electron chi connectivity index (χ3n) is 5.94. The number of hydrogen-bond donors (Lipinski definition) is 1. The van der Waals surface area contributed by atoms with E-state index in [-0.39, 0.29) is 11.8 Å². The first-order chi connectivity index (χ1) is 18.0. The molecule has 0 spiro atoms. The maximum atomic E-state index is 13.5. The number of rotatable bonds is 6. The fourth-order valence-corrected chi connectivity index (χ4v) is 5.01. The van der Waals surface area contributed by atoms with Gasteiger partial charge in [0.25, 0.3) is 11.8 Å². The Bertz CT molecular complexity index is 1500. The Morgan fingerprint density at radius 2 is 1.76 bits per heavy atom. The van der Waals surface area contributed by atoms with Crippen LogP contribution in [0.15, 0.2) is 101 Å². The van der Waals surface area contributed by atoms with Gasteiger partial charge in [0.2, 0.25) is 0 Å². The topological polar surface area (TPSA) is 79.6 Å². The zero-order chi connectivity index (χ0) is 25.8. The third-order valence-corrected chi connectivity index (χ3v) is 6.95. The van der Waals surface area contributed by atoms with Gasteiger partial charge in [-0.2, -0.15) is 0 Å². The van der Waals surface area contributed by atoms with E-state index in [9.17, 15) is 9.59 Å². The maximum absolute atomic E-state index is 13.5. The monoisotopic (exact) mass is 507 g/mol. The summed E-state index contributed by atoms with van der Waals surface area (Å²) in [6, 6.07) is 24.4. The summed E-state index contributed by atoms with van der Waals surface area (Å²) in [7, 11) is 0. The summed E-state index contributed by atoms with van der Waals surface area (Å²) in [5.41, 5.74) is 7.75. The van der Waals surface area contributed by atoms with Crippen molar-refractivity contribution in [2.75, 3.05) is 5.43 Å². The number of amides is 2. The number of nitrogens with zero attached hydrogens (tertiary/aromatic N) is 4. The first kappa shape index (κ1) is 24.3. The Hall–Kier alpha value is -4.43. The van der Waals surface area contributed by atoms with Gasteiger partial charge in [-0.1, -0.05) is 42.5 Å². The number of aliphatic imine (C=N–C) groups is 1. The van der Waals surface area contributed by atoms with Crippen LogP contribution in [0.25, 0.3) is 6.08 Å². The van der Waals surface area contributed by atoms with Crippen molar-refractivity contribution in [1.82, 2.24) is 14.6 Å². The van der Waals surface area contributed by atoms with E-state index in [1.165, 1.54) is 11.8 Å². The molecule has 2 amide bonds. The molecule has 1 aliphatic heterocycles. The molecular weight excluding hydrogens is 482 g/mol. The average molecular weight is 508 g/mol. The summed E-state index contributed by atoms with van der Waals surface area (Å²) >= 11 is 1.34. The molecule has 37 heavy (non-hydrogen) atoms. The van der Waals surface area contributed by atoms with Crippen molar-refractivity contribution in [3.63, 3.8) is 0 Å². The molecule has 2 aromatic heterocycles. The first-order valence-corrected chi connectivity index (χ1v) is 12.6. The van der Waals surface area contributed by atoms with Crippen molar-refractivity contribution in [1.29, 1.82) is 0 Å². The highest BCUT2D eigenvalue weighted by molar-refractivity contribution is 8.18. The van der Waals surface area contributed by atoms with Gasteiger partial charge in [-0.3, -0.25) is 29.6 Å². The van der Waals surface area contributed by atoms with Crippen molar-refractivity contribution < 1.29 is 9.59 Å². The molecule has 2 aromatic carbocycles. The second kappa shape index (κ2) is 10.7. The maximum Gasteiger partial charge on any atom is 0.270 e. The molecule has 0 unspecified atom stereocenters. The number of carbonyl (C=O) groups is 2. The summed E-state index contributed by atoms with van der Waals surface area (Å²) in [6.07, 6.45) is 5.33. The van der Waals surface area contributed by atoms with Crippen LogP contribution in [0.3, 0.4) is 0 Å². The minimum atomic E-state index is -0.201. The molecule has 184 valence electrons. The lowest BCUT2D eigenvalue weighted by atomic mass is 10.2. The molecular formula is C29H25N5O2S. The number of nitrogens with one attached hydrogen (secondary N) is 1. The summed E-state index contributed by atoms with van der Waals surface area (Å²) in [5.74, 6) is -0.325. The molecule has 0 aliphatic carbocycles. The zero-order valence-electron chi connectivity index (χ0n) is 20.5. The lowest BCUT2D eigenvalue weighted by Crippen LogP contribution is -2.28. The van der Waals surface area contributed by atoms with Crippen LogP contribution < -0.4 is 5.43 Å². The van der Waals surface area contributed by atoms with Gasteiger partial charge < -0.3 is 0 Å². The van der Waals surface area contributed by atoms with Crippen LogP contribution in [0.5, 0.6) is 0 Å². The summed E-state index contributed by atoms with van der Waals surface area (Å²) in [4.78, 5) is 37.4. The molecule has 0 saturated carbocycles. The van der Waals surface area contributed by atoms with Gasteiger partial charge in [0, 0.05) is 29.3 Å². The largest absolute Gasteiger partial charge is 0.282 e. The summed E-state index contributed by atoms with van der Waals surface area (Å²) in [6.45, 7) is 4.21. The van der Waals surface area contributed by atoms with E-state index in [2.05, 4.69) is 10.4 Å². The molecule has 5 rings (SSSR count). The second-order valence-corrected chi connectivity index (χ2v) is 9.57. The van der Waals surface area contributed by atoms with Gasteiger partial charge in [-0.05, 0) is 79.2 Å².